The molecule has 1 amide bonds. The fraction of sp³-hybridized carbons (Fsp3) is 0.286. The first kappa shape index (κ1) is 14.8. The maximum Gasteiger partial charge on any atom is 0.328 e. The Bertz CT molecular complexity index is 462. The van der Waals surface area contributed by atoms with Crippen LogP contribution in [0, 0.1) is 0 Å². The summed E-state index contributed by atoms with van der Waals surface area (Å²) in [6.45, 7) is 6.00. The Morgan fingerprint density at radius 3 is 2.21 bits per heavy atom. The van der Waals surface area contributed by atoms with E-state index in [0.717, 1.165) is 30.9 Å². The Morgan fingerprint density at radius 2 is 1.74 bits per heavy atom. The summed E-state index contributed by atoms with van der Waals surface area (Å²) < 4.78 is 0. The highest BCUT2D eigenvalue weighted by molar-refractivity contribution is 6.02. The summed E-state index contributed by atoms with van der Waals surface area (Å²) in [6, 6.07) is 7.42. The van der Waals surface area contributed by atoms with Gasteiger partial charge in [0.05, 0.1) is 0 Å². The predicted octanol–water partition coefficient (Wildman–Crippen LogP) is 2.11. The van der Waals surface area contributed by atoms with Gasteiger partial charge >= 0.3 is 5.97 Å². The van der Waals surface area contributed by atoms with E-state index in [0.29, 0.717) is 5.69 Å². The Hall–Kier alpha value is -2.30. The molecule has 0 aliphatic rings. The monoisotopic (exact) mass is 262 g/mol. The van der Waals surface area contributed by atoms with Gasteiger partial charge in [-0.1, -0.05) is 0 Å². The number of carboxylic acids is 1. The van der Waals surface area contributed by atoms with Gasteiger partial charge in [-0.15, -0.1) is 0 Å². The van der Waals surface area contributed by atoms with E-state index in [2.05, 4.69) is 24.1 Å². The lowest BCUT2D eigenvalue weighted by atomic mass is 10.2. The first-order chi connectivity index (χ1) is 9.06. The predicted molar refractivity (Wildman–Crippen MR) is 75.4 cm³/mol. The van der Waals surface area contributed by atoms with Crippen molar-refractivity contribution in [3.05, 3.63) is 36.4 Å². The number of carboxylic acid groups (broad SMARTS) is 1. The van der Waals surface area contributed by atoms with Gasteiger partial charge in [-0.05, 0) is 38.1 Å². The molecule has 0 radical (unpaired) electrons. The molecule has 0 heterocycles. The summed E-state index contributed by atoms with van der Waals surface area (Å²) in [5.74, 6) is -1.61. The third kappa shape index (κ3) is 4.83. The van der Waals surface area contributed by atoms with E-state index in [1.54, 1.807) is 12.1 Å². The number of carbonyl (C=O) groups is 2. The molecular formula is C14H18N2O3. The molecular weight excluding hydrogens is 244 g/mol. The van der Waals surface area contributed by atoms with E-state index in [1.807, 2.05) is 12.1 Å². The third-order valence-corrected chi connectivity index (χ3v) is 2.64. The quantitative estimate of drug-likeness (QED) is 0.770. The number of aliphatic carboxylic acids is 1. The van der Waals surface area contributed by atoms with Crippen molar-refractivity contribution in [2.75, 3.05) is 23.3 Å². The normalized spacial score (nSPS) is 10.4. The van der Waals surface area contributed by atoms with Crippen LogP contribution in [0.5, 0.6) is 0 Å². The van der Waals surface area contributed by atoms with Crippen LogP contribution in [0.25, 0.3) is 0 Å². The summed E-state index contributed by atoms with van der Waals surface area (Å²) >= 11 is 0. The van der Waals surface area contributed by atoms with Crippen LogP contribution in [0.1, 0.15) is 13.8 Å². The zero-order valence-electron chi connectivity index (χ0n) is 11.1. The first-order valence-corrected chi connectivity index (χ1v) is 6.13. The average molecular weight is 262 g/mol. The lowest BCUT2D eigenvalue weighted by molar-refractivity contribution is -0.131. The first-order valence-electron chi connectivity index (χ1n) is 6.13. The number of hydrogen-bond acceptors (Lipinski definition) is 3. The molecule has 5 nitrogen and oxygen atoms in total. The van der Waals surface area contributed by atoms with Gasteiger partial charge in [-0.2, -0.15) is 0 Å². The lowest BCUT2D eigenvalue weighted by Crippen LogP contribution is -2.21. The van der Waals surface area contributed by atoms with E-state index in [1.165, 1.54) is 0 Å². The van der Waals surface area contributed by atoms with Crippen molar-refractivity contribution in [2.45, 2.75) is 13.8 Å². The number of carbonyl (C=O) groups excluding carboxylic acids is 1. The molecule has 0 saturated heterocycles. The number of benzene rings is 1. The topological polar surface area (TPSA) is 69.6 Å². The van der Waals surface area contributed by atoms with Crippen LogP contribution < -0.4 is 10.2 Å². The van der Waals surface area contributed by atoms with E-state index >= 15 is 0 Å². The van der Waals surface area contributed by atoms with E-state index in [9.17, 15) is 9.59 Å². The molecule has 0 aromatic heterocycles. The molecule has 2 N–H and O–H groups in total. The number of nitrogens with one attached hydrogen (secondary N) is 1. The van der Waals surface area contributed by atoms with Crippen LogP contribution >= 0.6 is 0 Å². The Balaban J connectivity index is 2.66. The van der Waals surface area contributed by atoms with Gasteiger partial charge in [-0.25, -0.2) is 4.79 Å². The second kappa shape index (κ2) is 7.20. The van der Waals surface area contributed by atoms with Gasteiger partial charge in [0, 0.05) is 36.6 Å². The maximum absolute atomic E-state index is 11.4. The zero-order valence-corrected chi connectivity index (χ0v) is 11.1. The Kier molecular flexibility index (Phi) is 5.60. The van der Waals surface area contributed by atoms with Gasteiger partial charge in [0.25, 0.3) is 0 Å². The minimum Gasteiger partial charge on any atom is -0.478 e. The molecule has 1 rings (SSSR count). The number of amides is 1. The minimum absolute atomic E-state index is 0.460. The highest BCUT2D eigenvalue weighted by Crippen LogP contribution is 2.17. The number of rotatable bonds is 6. The Morgan fingerprint density at radius 1 is 1.16 bits per heavy atom. The molecule has 0 atom stereocenters. The molecule has 0 aliphatic carbocycles. The van der Waals surface area contributed by atoms with Crippen LogP contribution in [-0.4, -0.2) is 30.1 Å². The summed E-state index contributed by atoms with van der Waals surface area (Å²) in [4.78, 5) is 23.8. The zero-order chi connectivity index (χ0) is 14.3. The highest BCUT2D eigenvalue weighted by atomic mass is 16.4. The molecule has 0 aliphatic heterocycles. The molecule has 5 heteroatoms. The van der Waals surface area contributed by atoms with Gasteiger partial charge in [0.2, 0.25) is 5.91 Å². The fourth-order valence-corrected chi connectivity index (χ4v) is 1.68. The molecule has 19 heavy (non-hydrogen) atoms. The molecule has 102 valence electrons. The average Bonchev–Trinajstić information content (AvgIpc) is 2.40. The summed E-state index contributed by atoms with van der Waals surface area (Å²) in [5, 5.41) is 11.0. The van der Waals surface area contributed by atoms with Crippen molar-refractivity contribution in [1.29, 1.82) is 0 Å². The van der Waals surface area contributed by atoms with Crippen molar-refractivity contribution in [1.82, 2.24) is 0 Å². The second-order valence-electron chi connectivity index (χ2n) is 3.88. The van der Waals surface area contributed by atoms with Crippen molar-refractivity contribution in [3.63, 3.8) is 0 Å². The molecule has 0 spiro atoms. The van der Waals surface area contributed by atoms with Crippen molar-refractivity contribution in [2.24, 2.45) is 0 Å². The minimum atomic E-state index is -1.15. The second-order valence-corrected chi connectivity index (χ2v) is 3.88. The van der Waals surface area contributed by atoms with E-state index in [-0.39, 0.29) is 0 Å². The van der Waals surface area contributed by atoms with Crippen molar-refractivity contribution in [3.8, 4) is 0 Å². The number of hydrogen-bond donors (Lipinski definition) is 2. The Labute approximate surface area is 112 Å². The van der Waals surface area contributed by atoms with Gasteiger partial charge < -0.3 is 15.3 Å². The fourth-order valence-electron chi connectivity index (χ4n) is 1.68. The molecule has 0 bridgehead atoms. The standard InChI is InChI=1S/C14H18N2O3/c1-3-16(4-2)12-7-5-11(6-8-12)15-13(17)9-10-14(18)19/h5-10H,3-4H2,1-2H3,(H,15,17)(H,18,19)/b10-9+. The number of anilines is 2. The molecule has 0 unspecified atom stereocenters. The third-order valence-electron chi connectivity index (χ3n) is 2.64. The van der Waals surface area contributed by atoms with Crippen LogP contribution in [0.4, 0.5) is 11.4 Å². The van der Waals surface area contributed by atoms with Gasteiger partial charge in [-0.3, -0.25) is 4.79 Å². The van der Waals surface area contributed by atoms with Crippen molar-refractivity contribution < 1.29 is 14.7 Å². The van der Waals surface area contributed by atoms with Gasteiger partial charge in [0.1, 0.15) is 0 Å². The summed E-state index contributed by atoms with van der Waals surface area (Å²) in [7, 11) is 0. The smallest absolute Gasteiger partial charge is 0.328 e. The van der Waals surface area contributed by atoms with E-state index < -0.39 is 11.9 Å². The molecule has 0 fully saturated rings. The number of nitrogens with zero attached hydrogens (tertiary/aromatic N) is 1. The molecule has 1 aromatic carbocycles. The van der Waals surface area contributed by atoms with Crippen LogP contribution in [0.2, 0.25) is 0 Å². The van der Waals surface area contributed by atoms with E-state index in [4.69, 9.17) is 5.11 Å². The molecule has 1 aromatic rings. The van der Waals surface area contributed by atoms with Crippen molar-refractivity contribution >= 4 is 23.3 Å². The van der Waals surface area contributed by atoms with Crippen LogP contribution in [0.3, 0.4) is 0 Å². The van der Waals surface area contributed by atoms with Crippen LogP contribution in [0.15, 0.2) is 36.4 Å². The lowest BCUT2D eigenvalue weighted by Gasteiger charge is -2.21. The SMILES string of the molecule is CCN(CC)c1ccc(NC(=O)/C=C/C(=O)O)cc1. The molecule has 0 saturated carbocycles. The summed E-state index contributed by atoms with van der Waals surface area (Å²) in [6.07, 6.45) is 1.79. The maximum atomic E-state index is 11.4. The summed E-state index contributed by atoms with van der Waals surface area (Å²) in [5.41, 5.74) is 1.72. The largest absolute Gasteiger partial charge is 0.478 e. The van der Waals surface area contributed by atoms with Gasteiger partial charge in [0.15, 0.2) is 0 Å². The van der Waals surface area contributed by atoms with Crippen LogP contribution in [-0.2, 0) is 9.59 Å². The highest BCUT2D eigenvalue weighted by Gasteiger charge is 2.02.